The average Bonchev–Trinajstić information content (AvgIpc) is 2.46. The second-order valence-corrected chi connectivity index (χ2v) is 6.03. The molecule has 20 heavy (non-hydrogen) atoms. The lowest BCUT2D eigenvalue weighted by molar-refractivity contribution is -0.385. The predicted octanol–water partition coefficient (Wildman–Crippen LogP) is 4.31. The van der Waals surface area contributed by atoms with Crippen molar-refractivity contribution in [2.75, 3.05) is 0 Å². The largest absolute Gasteiger partial charge is 0.310 e. The van der Waals surface area contributed by atoms with Gasteiger partial charge in [-0.25, -0.2) is 0 Å². The molecular formula is C15H21ClN2O2. The zero-order valence-corrected chi connectivity index (χ0v) is 12.5. The molecule has 1 atom stereocenters. The summed E-state index contributed by atoms with van der Waals surface area (Å²) >= 11 is 5.82. The molecule has 1 N–H and O–H groups in total. The summed E-state index contributed by atoms with van der Waals surface area (Å²) in [7, 11) is 0. The van der Waals surface area contributed by atoms with Gasteiger partial charge in [-0.3, -0.25) is 10.1 Å². The number of hydrogen-bond donors (Lipinski definition) is 1. The summed E-state index contributed by atoms with van der Waals surface area (Å²) in [4.78, 5) is 10.7. The molecule has 0 radical (unpaired) electrons. The number of nitro benzene ring substituents is 1. The summed E-state index contributed by atoms with van der Waals surface area (Å²) in [5.41, 5.74) is 0.794. The van der Waals surface area contributed by atoms with Gasteiger partial charge in [-0.1, -0.05) is 30.9 Å². The van der Waals surface area contributed by atoms with Crippen LogP contribution in [0.5, 0.6) is 0 Å². The molecule has 1 fully saturated rings. The van der Waals surface area contributed by atoms with E-state index >= 15 is 0 Å². The number of benzene rings is 1. The Morgan fingerprint density at radius 2 is 2.10 bits per heavy atom. The van der Waals surface area contributed by atoms with Gasteiger partial charge < -0.3 is 5.32 Å². The summed E-state index contributed by atoms with van der Waals surface area (Å²) in [5, 5.41) is 14.9. The van der Waals surface area contributed by atoms with E-state index in [0.29, 0.717) is 29.1 Å². The third-order valence-corrected chi connectivity index (χ3v) is 4.45. The molecule has 1 aliphatic carbocycles. The maximum atomic E-state index is 11.0. The van der Waals surface area contributed by atoms with Gasteiger partial charge in [-0.15, -0.1) is 0 Å². The lowest BCUT2D eigenvalue weighted by atomic mass is 9.84. The highest BCUT2D eigenvalue weighted by Gasteiger charge is 2.21. The first-order valence-electron chi connectivity index (χ1n) is 7.24. The first-order valence-corrected chi connectivity index (χ1v) is 7.62. The van der Waals surface area contributed by atoms with E-state index in [0.717, 1.165) is 0 Å². The monoisotopic (exact) mass is 296 g/mol. The Kier molecular flexibility index (Phi) is 5.38. The van der Waals surface area contributed by atoms with Crippen LogP contribution in [0.2, 0.25) is 5.02 Å². The first kappa shape index (κ1) is 15.3. The molecule has 0 aromatic heterocycles. The van der Waals surface area contributed by atoms with Crippen LogP contribution in [0.15, 0.2) is 18.2 Å². The van der Waals surface area contributed by atoms with Crippen molar-refractivity contribution < 1.29 is 4.92 Å². The molecule has 1 saturated carbocycles. The topological polar surface area (TPSA) is 55.2 Å². The van der Waals surface area contributed by atoms with Crippen LogP contribution < -0.4 is 5.32 Å². The van der Waals surface area contributed by atoms with Crippen LogP contribution in [0, 0.1) is 16.0 Å². The normalized spacial score (nSPS) is 17.9. The van der Waals surface area contributed by atoms with Gasteiger partial charge in [0.05, 0.1) is 4.92 Å². The molecule has 0 saturated heterocycles. The quantitative estimate of drug-likeness (QED) is 0.651. The number of rotatable bonds is 5. The van der Waals surface area contributed by atoms with Gasteiger partial charge >= 0.3 is 0 Å². The third-order valence-electron chi connectivity index (χ3n) is 4.22. The number of halogens is 1. The van der Waals surface area contributed by atoms with E-state index in [9.17, 15) is 10.1 Å². The van der Waals surface area contributed by atoms with Crippen LogP contribution >= 0.6 is 11.6 Å². The van der Waals surface area contributed by atoms with Crippen molar-refractivity contribution >= 4 is 17.3 Å². The van der Waals surface area contributed by atoms with Crippen molar-refractivity contribution in [3.63, 3.8) is 0 Å². The van der Waals surface area contributed by atoms with Gasteiger partial charge in [-0.2, -0.15) is 0 Å². The second-order valence-electron chi connectivity index (χ2n) is 5.60. The van der Waals surface area contributed by atoms with E-state index in [1.54, 1.807) is 12.1 Å². The van der Waals surface area contributed by atoms with Crippen LogP contribution in [-0.2, 0) is 6.54 Å². The van der Waals surface area contributed by atoms with Gasteiger partial charge in [0, 0.05) is 29.2 Å². The molecule has 0 bridgehead atoms. The van der Waals surface area contributed by atoms with Crippen LogP contribution in [0.3, 0.4) is 0 Å². The summed E-state index contributed by atoms with van der Waals surface area (Å²) in [6.45, 7) is 2.70. The maximum absolute atomic E-state index is 11.0. The van der Waals surface area contributed by atoms with E-state index in [4.69, 9.17) is 11.6 Å². The molecule has 5 heteroatoms. The molecule has 1 aliphatic rings. The van der Waals surface area contributed by atoms with Gasteiger partial charge in [0.15, 0.2) is 0 Å². The van der Waals surface area contributed by atoms with Crippen molar-refractivity contribution in [2.24, 2.45) is 5.92 Å². The molecule has 1 aromatic carbocycles. The standard InChI is InChI=1S/C15H21ClN2O2/c1-11(12-5-3-2-4-6-12)17-10-13-7-8-14(16)9-15(13)18(19)20/h7-9,11-12,17H,2-6,10H2,1H3/t11-/m1/s1. The molecule has 0 heterocycles. The van der Waals surface area contributed by atoms with E-state index in [-0.39, 0.29) is 10.6 Å². The second kappa shape index (κ2) is 7.04. The zero-order chi connectivity index (χ0) is 14.5. The van der Waals surface area contributed by atoms with Crippen LogP contribution in [-0.4, -0.2) is 11.0 Å². The summed E-state index contributed by atoms with van der Waals surface area (Å²) in [6, 6.07) is 5.26. The van der Waals surface area contributed by atoms with Crippen molar-refractivity contribution in [1.29, 1.82) is 0 Å². The Hall–Kier alpha value is -1.13. The summed E-state index contributed by atoms with van der Waals surface area (Å²) < 4.78 is 0. The minimum atomic E-state index is -0.367. The minimum absolute atomic E-state index is 0.0980. The molecule has 0 spiro atoms. The van der Waals surface area contributed by atoms with Crippen LogP contribution in [0.1, 0.15) is 44.6 Å². The van der Waals surface area contributed by atoms with Gasteiger partial charge in [0.2, 0.25) is 0 Å². The Bertz CT molecular complexity index is 473. The molecule has 0 aliphatic heterocycles. The highest BCUT2D eigenvalue weighted by atomic mass is 35.5. The van der Waals surface area contributed by atoms with E-state index in [2.05, 4.69) is 12.2 Å². The Labute approximate surface area is 124 Å². The van der Waals surface area contributed by atoms with Gasteiger partial charge in [-0.05, 0) is 37.8 Å². The number of nitrogens with zero attached hydrogens (tertiary/aromatic N) is 1. The average molecular weight is 297 g/mol. The van der Waals surface area contributed by atoms with Crippen molar-refractivity contribution in [2.45, 2.75) is 51.6 Å². The van der Waals surface area contributed by atoms with E-state index in [1.165, 1.54) is 38.2 Å². The fourth-order valence-electron chi connectivity index (χ4n) is 2.93. The SMILES string of the molecule is C[C@@H](NCc1ccc(Cl)cc1[N+](=O)[O-])C1CCCCC1. The Balaban J connectivity index is 1.97. The zero-order valence-electron chi connectivity index (χ0n) is 11.8. The van der Waals surface area contributed by atoms with E-state index < -0.39 is 0 Å². The number of nitro groups is 1. The molecule has 1 aromatic rings. The molecule has 2 rings (SSSR count). The summed E-state index contributed by atoms with van der Waals surface area (Å²) in [5.74, 6) is 0.690. The molecule has 110 valence electrons. The lowest BCUT2D eigenvalue weighted by Gasteiger charge is -2.28. The van der Waals surface area contributed by atoms with Crippen LogP contribution in [0.4, 0.5) is 5.69 Å². The predicted molar refractivity (Wildman–Crippen MR) is 81.0 cm³/mol. The highest BCUT2D eigenvalue weighted by molar-refractivity contribution is 6.30. The Morgan fingerprint density at radius 1 is 1.40 bits per heavy atom. The van der Waals surface area contributed by atoms with E-state index in [1.807, 2.05) is 0 Å². The molecule has 4 nitrogen and oxygen atoms in total. The minimum Gasteiger partial charge on any atom is -0.310 e. The lowest BCUT2D eigenvalue weighted by Crippen LogP contribution is -2.34. The Morgan fingerprint density at radius 3 is 2.75 bits per heavy atom. The van der Waals surface area contributed by atoms with Gasteiger partial charge in [0.1, 0.15) is 0 Å². The maximum Gasteiger partial charge on any atom is 0.275 e. The molecular weight excluding hydrogens is 276 g/mol. The van der Waals surface area contributed by atoms with Crippen molar-refractivity contribution in [3.8, 4) is 0 Å². The van der Waals surface area contributed by atoms with Crippen LogP contribution in [0.25, 0.3) is 0 Å². The van der Waals surface area contributed by atoms with Crippen molar-refractivity contribution in [3.05, 3.63) is 38.9 Å². The fraction of sp³-hybridized carbons (Fsp3) is 0.600. The number of hydrogen-bond acceptors (Lipinski definition) is 3. The fourth-order valence-corrected chi connectivity index (χ4v) is 3.09. The molecule has 0 amide bonds. The van der Waals surface area contributed by atoms with Crippen molar-refractivity contribution in [1.82, 2.24) is 5.32 Å². The smallest absolute Gasteiger partial charge is 0.275 e. The highest BCUT2D eigenvalue weighted by Crippen LogP contribution is 2.27. The molecule has 0 unspecified atom stereocenters. The summed E-state index contributed by atoms with van der Waals surface area (Å²) in [6.07, 6.45) is 6.47. The van der Waals surface area contributed by atoms with Gasteiger partial charge in [0.25, 0.3) is 5.69 Å². The first-order chi connectivity index (χ1) is 9.58. The third kappa shape index (κ3) is 3.93. The number of nitrogens with one attached hydrogen (secondary N) is 1.